The van der Waals surface area contributed by atoms with E-state index < -0.39 is 0 Å². The van der Waals surface area contributed by atoms with E-state index in [1.807, 2.05) is 0 Å². The fourth-order valence-corrected chi connectivity index (χ4v) is 2.91. The van der Waals surface area contributed by atoms with Crippen LogP contribution in [0.3, 0.4) is 0 Å². The molecule has 84 valence electrons. The summed E-state index contributed by atoms with van der Waals surface area (Å²) < 4.78 is 0. The number of hydrogen-bond acceptors (Lipinski definition) is 0. The molecule has 0 saturated carbocycles. The van der Waals surface area contributed by atoms with Crippen LogP contribution in [0, 0.1) is 19.8 Å². The molecule has 1 heterocycles. The lowest BCUT2D eigenvalue weighted by Crippen LogP contribution is -2.09. The van der Waals surface area contributed by atoms with Gasteiger partial charge in [0.15, 0.2) is 0 Å². The third-order valence-corrected chi connectivity index (χ3v) is 4.14. The first-order valence-electron chi connectivity index (χ1n) is 6.26. The van der Waals surface area contributed by atoms with Crippen LogP contribution >= 0.6 is 0 Å². The second-order valence-corrected chi connectivity index (χ2v) is 5.36. The number of nitrogens with one attached hydrogen (secondary N) is 1. The summed E-state index contributed by atoms with van der Waals surface area (Å²) in [5, 5.41) is 1.46. The standard InChI is InChI=1S/C15H19N/c1-9-4-7-14-13(8-9)12-6-5-10(2)11(3)15(12)16-14/h5-6,9,16H,4,7-8H2,1-3H3. The normalized spacial score (nSPS) is 20.1. The Morgan fingerprint density at radius 3 is 2.88 bits per heavy atom. The number of H-pyrrole nitrogens is 1. The summed E-state index contributed by atoms with van der Waals surface area (Å²) in [5.41, 5.74) is 7.25. The number of fused-ring (bicyclic) bond motifs is 3. The minimum atomic E-state index is 0.841. The van der Waals surface area contributed by atoms with E-state index in [2.05, 4.69) is 37.9 Å². The van der Waals surface area contributed by atoms with Crippen molar-refractivity contribution in [2.75, 3.05) is 0 Å². The third-order valence-electron chi connectivity index (χ3n) is 4.14. The molecule has 0 spiro atoms. The van der Waals surface area contributed by atoms with Gasteiger partial charge in [0.2, 0.25) is 0 Å². The zero-order chi connectivity index (χ0) is 11.3. The molecule has 16 heavy (non-hydrogen) atoms. The van der Waals surface area contributed by atoms with Gasteiger partial charge in [-0.25, -0.2) is 0 Å². The molecule has 1 unspecified atom stereocenters. The van der Waals surface area contributed by atoms with Gasteiger partial charge in [0.1, 0.15) is 0 Å². The molecule has 1 aliphatic rings. The second-order valence-electron chi connectivity index (χ2n) is 5.36. The number of benzene rings is 1. The van der Waals surface area contributed by atoms with E-state index in [-0.39, 0.29) is 0 Å². The van der Waals surface area contributed by atoms with E-state index in [0.29, 0.717) is 0 Å². The molecule has 1 aromatic heterocycles. The average Bonchev–Trinajstić information content (AvgIpc) is 2.62. The molecule has 0 fully saturated rings. The van der Waals surface area contributed by atoms with Crippen LogP contribution in [-0.2, 0) is 12.8 Å². The quantitative estimate of drug-likeness (QED) is 0.683. The number of hydrogen-bond donors (Lipinski definition) is 1. The van der Waals surface area contributed by atoms with Gasteiger partial charge < -0.3 is 4.98 Å². The highest BCUT2D eigenvalue weighted by Crippen LogP contribution is 2.33. The average molecular weight is 213 g/mol. The van der Waals surface area contributed by atoms with Crippen LogP contribution in [-0.4, -0.2) is 4.98 Å². The van der Waals surface area contributed by atoms with Gasteiger partial charge in [-0.2, -0.15) is 0 Å². The molecule has 1 N–H and O–H groups in total. The predicted molar refractivity (Wildman–Crippen MR) is 69.0 cm³/mol. The molecule has 0 amide bonds. The number of aromatic nitrogens is 1. The number of aromatic amines is 1. The molecule has 1 heteroatoms. The molecule has 3 rings (SSSR count). The molecule has 1 atom stereocenters. The number of aryl methyl sites for hydroxylation is 3. The molecule has 0 radical (unpaired) electrons. The Labute approximate surface area is 96.9 Å². The van der Waals surface area contributed by atoms with Crippen molar-refractivity contribution in [2.45, 2.75) is 40.0 Å². The van der Waals surface area contributed by atoms with Crippen molar-refractivity contribution in [1.82, 2.24) is 4.98 Å². The lowest BCUT2D eigenvalue weighted by Gasteiger charge is -2.18. The van der Waals surface area contributed by atoms with E-state index in [9.17, 15) is 0 Å². The number of rotatable bonds is 0. The van der Waals surface area contributed by atoms with Crippen LogP contribution in [0.1, 0.15) is 35.7 Å². The highest BCUT2D eigenvalue weighted by Gasteiger charge is 2.20. The first-order valence-corrected chi connectivity index (χ1v) is 6.26. The van der Waals surface area contributed by atoms with Crippen LogP contribution in [0.25, 0.3) is 10.9 Å². The predicted octanol–water partition coefficient (Wildman–Crippen LogP) is 3.91. The lowest BCUT2D eigenvalue weighted by atomic mass is 9.87. The smallest absolute Gasteiger partial charge is 0.0491 e. The molecule has 1 aromatic carbocycles. The van der Waals surface area contributed by atoms with E-state index in [1.165, 1.54) is 47.0 Å². The zero-order valence-corrected chi connectivity index (χ0v) is 10.4. The monoisotopic (exact) mass is 213 g/mol. The largest absolute Gasteiger partial charge is 0.358 e. The molecule has 0 aliphatic heterocycles. The van der Waals surface area contributed by atoms with Crippen molar-refractivity contribution >= 4 is 10.9 Å². The van der Waals surface area contributed by atoms with Gasteiger partial charge in [-0.3, -0.25) is 0 Å². The highest BCUT2D eigenvalue weighted by atomic mass is 14.7. The fraction of sp³-hybridized carbons (Fsp3) is 0.467. The summed E-state index contributed by atoms with van der Waals surface area (Å²) >= 11 is 0. The Bertz CT molecular complexity index is 548. The summed E-state index contributed by atoms with van der Waals surface area (Å²) in [6, 6.07) is 4.55. The van der Waals surface area contributed by atoms with E-state index in [1.54, 1.807) is 5.56 Å². The van der Waals surface area contributed by atoms with Crippen molar-refractivity contribution in [2.24, 2.45) is 5.92 Å². The molecule has 2 aromatic rings. The Morgan fingerprint density at radius 1 is 1.25 bits per heavy atom. The van der Waals surface area contributed by atoms with Crippen molar-refractivity contribution in [3.8, 4) is 0 Å². The van der Waals surface area contributed by atoms with E-state index in [0.717, 1.165) is 5.92 Å². The van der Waals surface area contributed by atoms with Gasteiger partial charge >= 0.3 is 0 Å². The molecule has 0 bridgehead atoms. The minimum Gasteiger partial charge on any atom is -0.358 e. The molecular formula is C15H19N. The Hall–Kier alpha value is -1.24. The minimum absolute atomic E-state index is 0.841. The van der Waals surface area contributed by atoms with Crippen LogP contribution in [0.15, 0.2) is 12.1 Å². The SMILES string of the molecule is Cc1ccc2c3c([nH]c2c1C)CCC(C)C3. The second kappa shape index (κ2) is 3.38. The maximum Gasteiger partial charge on any atom is 0.0491 e. The van der Waals surface area contributed by atoms with Crippen LogP contribution in [0.2, 0.25) is 0 Å². The van der Waals surface area contributed by atoms with Gasteiger partial charge in [-0.15, -0.1) is 0 Å². The lowest BCUT2D eigenvalue weighted by molar-refractivity contribution is 0.499. The van der Waals surface area contributed by atoms with Crippen LogP contribution < -0.4 is 0 Å². The zero-order valence-electron chi connectivity index (χ0n) is 10.4. The van der Waals surface area contributed by atoms with E-state index in [4.69, 9.17) is 0 Å². The summed E-state index contributed by atoms with van der Waals surface area (Å²) in [6.45, 7) is 6.78. The Kier molecular flexibility index (Phi) is 2.10. The highest BCUT2D eigenvalue weighted by molar-refractivity contribution is 5.88. The fourth-order valence-electron chi connectivity index (χ4n) is 2.91. The summed E-state index contributed by atoms with van der Waals surface area (Å²) in [4.78, 5) is 3.65. The van der Waals surface area contributed by atoms with Crippen molar-refractivity contribution in [3.63, 3.8) is 0 Å². The summed E-state index contributed by atoms with van der Waals surface area (Å²) in [5.74, 6) is 0.841. The topological polar surface area (TPSA) is 15.8 Å². The van der Waals surface area contributed by atoms with Gasteiger partial charge in [0.05, 0.1) is 0 Å². The summed E-state index contributed by atoms with van der Waals surface area (Å²) in [7, 11) is 0. The van der Waals surface area contributed by atoms with Crippen molar-refractivity contribution in [3.05, 3.63) is 34.5 Å². The Balaban J connectivity index is 2.29. The summed E-state index contributed by atoms with van der Waals surface area (Å²) in [6.07, 6.45) is 3.80. The maximum absolute atomic E-state index is 3.65. The molecular weight excluding hydrogens is 194 g/mol. The van der Waals surface area contributed by atoms with Crippen molar-refractivity contribution < 1.29 is 0 Å². The van der Waals surface area contributed by atoms with Gasteiger partial charge in [0.25, 0.3) is 0 Å². The Morgan fingerprint density at radius 2 is 2.06 bits per heavy atom. The molecule has 0 saturated heterocycles. The van der Waals surface area contributed by atoms with Crippen molar-refractivity contribution in [1.29, 1.82) is 0 Å². The van der Waals surface area contributed by atoms with Gasteiger partial charge in [-0.05, 0) is 55.7 Å². The van der Waals surface area contributed by atoms with Gasteiger partial charge in [0, 0.05) is 16.6 Å². The van der Waals surface area contributed by atoms with Gasteiger partial charge in [-0.1, -0.05) is 19.1 Å². The van der Waals surface area contributed by atoms with E-state index >= 15 is 0 Å². The third kappa shape index (κ3) is 1.31. The van der Waals surface area contributed by atoms with Crippen LogP contribution in [0.5, 0.6) is 0 Å². The molecule has 1 aliphatic carbocycles. The molecule has 1 nitrogen and oxygen atoms in total. The first kappa shape index (κ1) is 9.95. The maximum atomic E-state index is 3.65. The van der Waals surface area contributed by atoms with Crippen LogP contribution in [0.4, 0.5) is 0 Å². The first-order chi connectivity index (χ1) is 7.66.